The molecule has 1 N–H and O–H groups in total. The van der Waals surface area contributed by atoms with E-state index in [4.69, 9.17) is 9.84 Å². The SMILES string of the molecule is Cc1c(CCCC(=O)O)c2c(F)ccc(-c3ccc(OCCCCc4c(F)cc(F)c(F)c4F)cc3)c2n1CCCC=O. The van der Waals surface area contributed by atoms with Gasteiger partial charge in [0.25, 0.3) is 0 Å². The molecule has 1 heterocycles. The van der Waals surface area contributed by atoms with Crippen molar-refractivity contribution in [3.05, 3.63) is 88.4 Å². The molecule has 10 heteroatoms. The number of carboxylic acids is 1. The molecule has 0 saturated carbocycles. The molecule has 5 nitrogen and oxygen atoms in total. The molecule has 0 radical (unpaired) electrons. The third-order valence-electron chi connectivity index (χ3n) is 7.53. The van der Waals surface area contributed by atoms with Crippen molar-refractivity contribution in [2.24, 2.45) is 0 Å². The third-order valence-corrected chi connectivity index (χ3v) is 7.53. The summed E-state index contributed by atoms with van der Waals surface area (Å²) in [5.74, 6) is -6.67. The topological polar surface area (TPSA) is 68.5 Å². The summed E-state index contributed by atoms with van der Waals surface area (Å²) in [5.41, 5.74) is 3.35. The lowest BCUT2D eigenvalue weighted by Crippen LogP contribution is -2.04. The van der Waals surface area contributed by atoms with Crippen molar-refractivity contribution < 1.29 is 41.4 Å². The molecule has 0 atom stereocenters. The molecule has 0 bridgehead atoms. The first kappa shape index (κ1) is 31.7. The summed E-state index contributed by atoms with van der Waals surface area (Å²) in [6.07, 6.45) is 3.10. The Hall–Kier alpha value is -4.21. The van der Waals surface area contributed by atoms with Gasteiger partial charge in [-0.1, -0.05) is 12.1 Å². The minimum Gasteiger partial charge on any atom is -0.494 e. The van der Waals surface area contributed by atoms with E-state index in [2.05, 4.69) is 0 Å². The van der Waals surface area contributed by atoms with Gasteiger partial charge < -0.3 is 19.2 Å². The van der Waals surface area contributed by atoms with Crippen LogP contribution >= 0.6 is 0 Å². The number of carbonyl (C=O) groups is 2. The molecule has 0 aliphatic heterocycles. The molecule has 228 valence electrons. The number of carbonyl (C=O) groups excluding carboxylic acids is 1. The number of ether oxygens (including phenoxy) is 1. The van der Waals surface area contributed by atoms with Crippen molar-refractivity contribution in [2.45, 2.75) is 64.8 Å². The van der Waals surface area contributed by atoms with E-state index in [0.29, 0.717) is 67.8 Å². The van der Waals surface area contributed by atoms with E-state index in [-0.39, 0.29) is 19.4 Å². The van der Waals surface area contributed by atoms with Gasteiger partial charge in [-0.3, -0.25) is 4.79 Å². The second kappa shape index (κ2) is 14.3. The van der Waals surface area contributed by atoms with Crippen molar-refractivity contribution in [1.82, 2.24) is 4.57 Å². The quantitative estimate of drug-likeness (QED) is 0.0492. The van der Waals surface area contributed by atoms with Gasteiger partial charge in [0.2, 0.25) is 0 Å². The third kappa shape index (κ3) is 7.24. The van der Waals surface area contributed by atoms with Crippen LogP contribution in [0.2, 0.25) is 0 Å². The Morgan fingerprint density at radius 2 is 1.58 bits per heavy atom. The first-order valence-electron chi connectivity index (χ1n) is 14.1. The number of aldehydes is 1. The fourth-order valence-electron chi connectivity index (χ4n) is 5.37. The van der Waals surface area contributed by atoms with Gasteiger partial charge in [0.05, 0.1) is 12.1 Å². The van der Waals surface area contributed by atoms with Gasteiger partial charge in [-0.25, -0.2) is 22.0 Å². The molecule has 0 amide bonds. The smallest absolute Gasteiger partial charge is 0.303 e. The number of hydrogen-bond donors (Lipinski definition) is 1. The van der Waals surface area contributed by atoms with Crippen LogP contribution in [0.15, 0.2) is 42.5 Å². The second-order valence-electron chi connectivity index (χ2n) is 10.4. The molecule has 4 aromatic rings. The summed E-state index contributed by atoms with van der Waals surface area (Å²) in [5, 5.41) is 9.53. The highest BCUT2D eigenvalue weighted by atomic mass is 19.2. The van der Waals surface area contributed by atoms with Gasteiger partial charge in [0, 0.05) is 47.7 Å². The lowest BCUT2D eigenvalue weighted by atomic mass is 9.99. The van der Waals surface area contributed by atoms with Gasteiger partial charge >= 0.3 is 5.97 Å². The maximum Gasteiger partial charge on any atom is 0.303 e. The number of halogens is 5. The number of carboxylic acid groups (broad SMARTS) is 1. The van der Waals surface area contributed by atoms with Gasteiger partial charge in [-0.15, -0.1) is 0 Å². The second-order valence-corrected chi connectivity index (χ2v) is 10.4. The minimum absolute atomic E-state index is 0.0292. The number of rotatable bonds is 15. The highest BCUT2D eigenvalue weighted by molar-refractivity contribution is 5.98. The van der Waals surface area contributed by atoms with E-state index in [1.54, 1.807) is 18.2 Å². The van der Waals surface area contributed by atoms with Crippen LogP contribution in [0.3, 0.4) is 0 Å². The van der Waals surface area contributed by atoms with Crippen molar-refractivity contribution in [3.63, 3.8) is 0 Å². The van der Waals surface area contributed by atoms with E-state index in [9.17, 15) is 27.2 Å². The number of aromatic nitrogens is 1. The summed E-state index contributed by atoms with van der Waals surface area (Å²) in [6, 6.07) is 10.6. The normalized spacial score (nSPS) is 11.3. The molecule has 0 spiro atoms. The molecule has 1 aromatic heterocycles. The maximum absolute atomic E-state index is 15.3. The highest BCUT2D eigenvalue weighted by Crippen LogP contribution is 2.37. The Morgan fingerprint density at radius 3 is 2.28 bits per heavy atom. The standard InChI is InChI=1S/C33H32F5NO4/c1-20-23(8-6-9-29(41)42)30-26(34)15-14-24(33(30)39(20)16-3-4-17-40)21-10-12-22(13-11-21)43-18-5-2-7-25-27(35)19-28(36)32(38)31(25)37/h10-15,17,19H,2-9,16,18H2,1H3,(H,41,42). The van der Waals surface area contributed by atoms with E-state index in [1.807, 2.05) is 23.6 Å². The molecule has 4 rings (SSSR count). The molecule has 0 aliphatic rings. The monoisotopic (exact) mass is 601 g/mol. The number of benzene rings is 3. The van der Waals surface area contributed by atoms with Gasteiger partial charge in [0.15, 0.2) is 17.5 Å². The first-order chi connectivity index (χ1) is 20.6. The Bertz CT molecular complexity index is 1610. The van der Waals surface area contributed by atoms with Crippen LogP contribution in [0.25, 0.3) is 22.0 Å². The predicted octanol–water partition coefficient (Wildman–Crippen LogP) is 8.10. The molecule has 0 fully saturated rings. The number of unbranched alkanes of at least 4 members (excludes halogenated alkanes) is 2. The summed E-state index contributed by atoms with van der Waals surface area (Å²) in [4.78, 5) is 22.0. The van der Waals surface area contributed by atoms with Crippen LogP contribution in [0.4, 0.5) is 22.0 Å². The summed E-state index contributed by atoms with van der Waals surface area (Å²) in [7, 11) is 0. The van der Waals surface area contributed by atoms with Gasteiger partial charge in [-0.05, 0) is 80.8 Å². The van der Waals surface area contributed by atoms with Crippen LogP contribution in [0.1, 0.15) is 55.3 Å². The molecule has 0 unspecified atom stereocenters. The Morgan fingerprint density at radius 1 is 0.860 bits per heavy atom. The van der Waals surface area contributed by atoms with E-state index >= 15 is 4.39 Å². The van der Waals surface area contributed by atoms with Crippen LogP contribution in [0.5, 0.6) is 5.75 Å². The highest BCUT2D eigenvalue weighted by Gasteiger charge is 2.21. The Kier molecular flexibility index (Phi) is 10.6. The van der Waals surface area contributed by atoms with Gasteiger partial charge in [-0.2, -0.15) is 0 Å². The van der Waals surface area contributed by atoms with E-state index in [1.165, 1.54) is 6.07 Å². The molecule has 0 saturated heterocycles. The number of fused-ring (bicyclic) bond motifs is 1. The average molecular weight is 602 g/mol. The van der Waals surface area contributed by atoms with Crippen molar-refractivity contribution >= 4 is 23.2 Å². The fraction of sp³-hybridized carbons (Fsp3) is 0.333. The zero-order valence-electron chi connectivity index (χ0n) is 23.7. The lowest BCUT2D eigenvalue weighted by Gasteiger charge is -2.13. The molecular formula is C33H32F5NO4. The Balaban J connectivity index is 1.50. The van der Waals surface area contributed by atoms with Gasteiger partial charge in [0.1, 0.15) is 23.7 Å². The zero-order valence-corrected chi connectivity index (χ0v) is 23.7. The summed E-state index contributed by atoms with van der Waals surface area (Å²) in [6.45, 7) is 2.61. The summed E-state index contributed by atoms with van der Waals surface area (Å²) >= 11 is 0. The van der Waals surface area contributed by atoms with Crippen LogP contribution in [-0.4, -0.2) is 28.5 Å². The number of aliphatic carboxylic acids is 1. The van der Waals surface area contributed by atoms with Crippen molar-refractivity contribution in [2.75, 3.05) is 6.61 Å². The summed E-state index contributed by atoms with van der Waals surface area (Å²) < 4.78 is 77.3. The molecular weight excluding hydrogens is 569 g/mol. The average Bonchev–Trinajstić information content (AvgIpc) is 3.25. The van der Waals surface area contributed by atoms with Crippen LogP contribution in [0, 0.1) is 36.0 Å². The zero-order chi connectivity index (χ0) is 31.1. The molecule has 43 heavy (non-hydrogen) atoms. The maximum atomic E-state index is 15.3. The molecule has 3 aromatic carbocycles. The van der Waals surface area contributed by atoms with Crippen LogP contribution in [-0.2, 0) is 29.0 Å². The lowest BCUT2D eigenvalue weighted by molar-refractivity contribution is -0.137. The molecule has 0 aliphatic carbocycles. The van der Waals surface area contributed by atoms with E-state index in [0.717, 1.165) is 28.7 Å². The largest absolute Gasteiger partial charge is 0.494 e. The van der Waals surface area contributed by atoms with E-state index < -0.39 is 40.6 Å². The van der Waals surface area contributed by atoms with Crippen molar-refractivity contribution in [1.29, 1.82) is 0 Å². The number of aryl methyl sites for hydroxylation is 2. The fourth-order valence-corrected chi connectivity index (χ4v) is 5.37. The number of nitrogens with zero attached hydrogens (tertiary/aromatic N) is 1. The first-order valence-corrected chi connectivity index (χ1v) is 14.1. The number of hydrogen-bond acceptors (Lipinski definition) is 3. The minimum atomic E-state index is -1.69. The van der Waals surface area contributed by atoms with Crippen molar-refractivity contribution in [3.8, 4) is 16.9 Å². The predicted molar refractivity (Wildman–Crippen MR) is 153 cm³/mol. The van der Waals surface area contributed by atoms with Crippen LogP contribution < -0.4 is 4.74 Å². The Labute approximate surface area is 245 Å².